The van der Waals surface area contributed by atoms with Crippen LogP contribution in [0.2, 0.25) is 0 Å². The highest BCUT2D eigenvalue weighted by Gasteiger charge is 2.34. The summed E-state index contributed by atoms with van der Waals surface area (Å²) in [5, 5.41) is 9.89. The number of ketones is 1. The summed E-state index contributed by atoms with van der Waals surface area (Å²) in [6.45, 7) is 12.5. The summed E-state index contributed by atoms with van der Waals surface area (Å²) in [5.74, 6) is 0.555. The molecule has 0 radical (unpaired) electrons. The van der Waals surface area contributed by atoms with E-state index in [1.807, 2.05) is 13.8 Å². The lowest BCUT2D eigenvalue weighted by molar-refractivity contribution is -0.128. The molecule has 1 fully saturated rings. The molecule has 18 heavy (non-hydrogen) atoms. The summed E-state index contributed by atoms with van der Waals surface area (Å²) >= 11 is 0. The molecule has 1 N–H and O–H groups in total. The number of aliphatic hydroxyl groups is 1. The van der Waals surface area contributed by atoms with Crippen LogP contribution in [0.5, 0.6) is 0 Å². The van der Waals surface area contributed by atoms with Gasteiger partial charge in [0.25, 0.3) is 0 Å². The van der Waals surface area contributed by atoms with E-state index in [1.54, 1.807) is 0 Å². The van der Waals surface area contributed by atoms with E-state index in [0.29, 0.717) is 12.3 Å². The van der Waals surface area contributed by atoms with Crippen LogP contribution in [0.1, 0.15) is 53.9 Å². The minimum Gasteiger partial charge on any atom is -0.389 e. The third kappa shape index (κ3) is 5.07. The maximum absolute atomic E-state index is 12.0. The lowest BCUT2D eigenvalue weighted by Gasteiger charge is -2.37. The zero-order chi connectivity index (χ0) is 14.0. The first-order chi connectivity index (χ1) is 8.13. The monoisotopic (exact) mass is 255 g/mol. The highest BCUT2D eigenvalue weighted by Crippen LogP contribution is 2.37. The predicted octanol–water partition coefficient (Wildman–Crippen LogP) is 2.47. The smallest absolute Gasteiger partial charge is 0.137 e. The van der Waals surface area contributed by atoms with Crippen molar-refractivity contribution in [1.29, 1.82) is 0 Å². The SMILES string of the molecule is CCN(CC1CC(C)(C)CCC1=O)CC(C)(C)O. The summed E-state index contributed by atoms with van der Waals surface area (Å²) in [4.78, 5) is 14.2. The Hall–Kier alpha value is -0.410. The van der Waals surface area contributed by atoms with Gasteiger partial charge in [0.2, 0.25) is 0 Å². The van der Waals surface area contributed by atoms with Crippen molar-refractivity contribution in [3.63, 3.8) is 0 Å². The van der Waals surface area contributed by atoms with Crippen LogP contribution >= 0.6 is 0 Å². The van der Waals surface area contributed by atoms with Crippen molar-refractivity contribution in [2.24, 2.45) is 11.3 Å². The second-order valence-electron chi connectivity index (χ2n) is 7.17. The highest BCUT2D eigenvalue weighted by molar-refractivity contribution is 5.82. The Labute approximate surface area is 112 Å². The number of Topliss-reactive ketones (excluding diaryl/α,β-unsaturated/α-hetero) is 1. The van der Waals surface area contributed by atoms with Crippen molar-refractivity contribution >= 4 is 5.78 Å². The van der Waals surface area contributed by atoms with E-state index in [-0.39, 0.29) is 11.3 Å². The summed E-state index contributed by atoms with van der Waals surface area (Å²) in [5.41, 5.74) is -0.407. The molecule has 0 heterocycles. The normalized spacial score (nSPS) is 24.6. The molecule has 3 heteroatoms. The molecule has 1 aliphatic carbocycles. The van der Waals surface area contributed by atoms with Gasteiger partial charge in [0.1, 0.15) is 5.78 Å². The van der Waals surface area contributed by atoms with E-state index in [1.165, 1.54) is 0 Å². The maximum atomic E-state index is 12.0. The Morgan fingerprint density at radius 2 is 2.06 bits per heavy atom. The molecule has 1 rings (SSSR count). The Morgan fingerprint density at radius 1 is 1.44 bits per heavy atom. The van der Waals surface area contributed by atoms with Gasteiger partial charge >= 0.3 is 0 Å². The quantitative estimate of drug-likeness (QED) is 0.820. The number of hydrogen-bond acceptors (Lipinski definition) is 3. The second-order valence-corrected chi connectivity index (χ2v) is 7.17. The van der Waals surface area contributed by atoms with E-state index in [9.17, 15) is 9.90 Å². The molecule has 1 aliphatic rings. The van der Waals surface area contributed by atoms with Crippen molar-refractivity contribution in [3.8, 4) is 0 Å². The summed E-state index contributed by atoms with van der Waals surface area (Å²) < 4.78 is 0. The fraction of sp³-hybridized carbons (Fsp3) is 0.933. The summed E-state index contributed by atoms with van der Waals surface area (Å²) in [7, 11) is 0. The van der Waals surface area contributed by atoms with E-state index < -0.39 is 5.60 Å². The summed E-state index contributed by atoms with van der Waals surface area (Å²) in [6, 6.07) is 0. The van der Waals surface area contributed by atoms with Gasteiger partial charge in [-0.2, -0.15) is 0 Å². The molecule has 0 saturated heterocycles. The number of likely N-dealkylation sites (N-methyl/N-ethyl adjacent to an activating group) is 1. The van der Waals surface area contributed by atoms with Gasteiger partial charge in [-0.3, -0.25) is 4.79 Å². The predicted molar refractivity (Wildman–Crippen MR) is 74.5 cm³/mol. The molecular weight excluding hydrogens is 226 g/mol. The average Bonchev–Trinajstić information content (AvgIpc) is 2.20. The van der Waals surface area contributed by atoms with Gasteiger partial charge in [0.15, 0.2) is 0 Å². The molecule has 1 atom stereocenters. The highest BCUT2D eigenvalue weighted by atomic mass is 16.3. The zero-order valence-electron chi connectivity index (χ0n) is 12.6. The molecule has 0 aromatic rings. The lowest BCUT2D eigenvalue weighted by Crippen LogP contribution is -2.44. The van der Waals surface area contributed by atoms with Crippen LogP contribution in [0.4, 0.5) is 0 Å². The van der Waals surface area contributed by atoms with Crippen molar-refractivity contribution in [1.82, 2.24) is 4.90 Å². The van der Waals surface area contributed by atoms with Crippen LogP contribution in [-0.2, 0) is 4.79 Å². The maximum Gasteiger partial charge on any atom is 0.137 e. The Balaban J connectivity index is 2.60. The minimum atomic E-state index is -0.691. The molecule has 0 aromatic carbocycles. The Bertz CT molecular complexity index is 291. The topological polar surface area (TPSA) is 40.5 Å². The Kier molecular flexibility index (Phi) is 4.96. The van der Waals surface area contributed by atoms with Crippen LogP contribution in [0.25, 0.3) is 0 Å². The van der Waals surface area contributed by atoms with E-state index in [4.69, 9.17) is 0 Å². The first-order valence-corrected chi connectivity index (χ1v) is 7.10. The molecule has 3 nitrogen and oxygen atoms in total. The molecule has 0 spiro atoms. The van der Waals surface area contributed by atoms with Crippen molar-refractivity contribution in [3.05, 3.63) is 0 Å². The largest absolute Gasteiger partial charge is 0.389 e. The average molecular weight is 255 g/mol. The molecule has 0 aliphatic heterocycles. The van der Waals surface area contributed by atoms with Crippen LogP contribution < -0.4 is 0 Å². The fourth-order valence-corrected chi connectivity index (χ4v) is 2.88. The molecule has 1 unspecified atom stereocenters. The molecule has 0 aromatic heterocycles. The van der Waals surface area contributed by atoms with E-state index in [2.05, 4.69) is 25.7 Å². The van der Waals surface area contributed by atoms with E-state index in [0.717, 1.165) is 32.4 Å². The van der Waals surface area contributed by atoms with Crippen molar-refractivity contribution in [2.75, 3.05) is 19.6 Å². The van der Waals surface area contributed by atoms with Crippen LogP contribution in [0.3, 0.4) is 0 Å². The van der Waals surface area contributed by atoms with Gasteiger partial charge in [-0.05, 0) is 38.6 Å². The fourth-order valence-electron chi connectivity index (χ4n) is 2.88. The molecular formula is C15H29NO2. The second kappa shape index (κ2) is 5.70. The number of nitrogens with zero attached hydrogens (tertiary/aromatic N) is 1. The van der Waals surface area contributed by atoms with Gasteiger partial charge in [0.05, 0.1) is 5.60 Å². The van der Waals surface area contributed by atoms with Crippen molar-refractivity contribution in [2.45, 2.75) is 59.5 Å². The standard InChI is InChI=1S/C15H29NO2/c1-6-16(11-15(4,5)18)10-12-9-14(2,3)8-7-13(12)17/h12,18H,6-11H2,1-5H3. The number of hydrogen-bond donors (Lipinski definition) is 1. The van der Waals surface area contributed by atoms with Gasteiger partial charge in [-0.15, -0.1) is 0 Å². The molecule has 1 saturated carbocycles. The van der Waals surface area contributed by atoms with Gasteiger partial charge < -0.3 is 10.0 Å². The third-order valence-electron chi connectivity index (χ3n) is 3.84. The molecule has 0 amide bonds. The minimum absolute atomic E-state index is 0.149. The molecule has 0 bridgehead atoms. The first kappa shape index (κ1) is 15.6. The Morgan fingerprint density at radius 3 is 2.56 bits per heavy atom. The zero-order valence-corrected chi connectivity index (χ0v) is 12.6. The third-order valence-corrected chi connectivity index (χ3v) is 3.84. The van der Waals surface area contributed by atoms with Gasteiger partial charge in [-0.25, -0.2) is 0 Å². The first-order valence-electron chi connectivity index (χ1n) is 7.10. The van der Waals surface area contributed by atoms with E-state index >= 15 is 0 Å². The van der Waals surface area contributed by atoms with Gasteiger partial charge in [0, 0.05) is 25.4 Å². The summed E-state index contributed by atoms with van der Waals surface area (Å²) in [6.07, 6.45) is 2.71. The van der Waals surface area contributed by atoms with Gasteiger partial charge in [-0.1, -0.05) is 20.8 Å². The van der Waals surface area contributed by atoms with Crippen molar-refractivity contribution < 1.29 is 9.90 Å². The van der Waals surface area contributed by atoms with Crippen LogP contribution in [0.15, 0.2) is 0 Å². The number of rotatable bonds is 5. The lowest BCUT2D eigenvalue weighted by atomic mass is 9.71. The number of carbonyl (C=O) groups excluding carboxylic acids is 1. The number of carbonyl (C=O) groups is 1. The van der Waals surface area contributed by atoms with Crippen LogP contribution in [-0.4, -0.2) is 41.0 Å². The van der Waals surface area contributed by atoms with Crippen LogP contribution in [0, 0.1) is 11.3 Å². The molecule has 106 valence electrons.